The molecular weight excluding hydrogens is 388 g/mol. The molecule has 1 nitrogen and oxygen atoms in total. The van der Waals surface area contributed by atoms with E-state index in [1.165, 1.54) is 38.6 Å². The largest absolute Gasteiger partial charge is 0.455 e. The fourth-order valence-corrected chi connectivity index (χ4v) is 4.46. The van der Waals surface area contributed by atoms with Crippen molar-refractivity contribution in [3.63, 3.8) is 0 Å². The van der Waals surface area contributed by atoms with E-state index >= 15 is 0 Å². The maximum atomic E-state index is 6.21. The maximum Gasteiger partial charge on any atom is 0.143 e. The predicted octanol–water partition coefficient (Wildman–Crippen LogP) is 8.51. The van der Waals surface area contributed by atoms with Crippen molar-refractivity contribution in [1.82, 2.24) is 0 Å². The summed E-state index contributed by atoms with van der Waals surface area (Å²) in [7, 11) is 0. The Morgan fingerprint density at radius 2 is 1.03 bits per heavy atom. The number of rotatable bonds is 4. The molecule has 6 rings (SSSR count). The lowest BCUT2D eigenvalue weighted by molar-refractivity contribution is 0.670. The molecule has 0 bridgehead atoms. The lowest BCUT2D eigenvalue weighted by Gasteiger charge is -2.07. The van der Waals surface area contributed by atoms with Gasteiger partial charge in [-0.15, -0.1) is 0 Å². The Bertz CT molecular complexity index is 1510. The zero-order valence-electron chi connectivity index (χ0n) is 17.7. The number of hydrogen-bond acceptors (Lipinski definition) is 1. The van der Waals surface area contributed by atoms with Crippen LogP contribution in [0.5, 0.6) is 0 Å². The Morgan fingerprint density at radius 1 is 0.438 bits per heavy atom. The molecule has 0 amide bonds. The van der Waals surface area contributed by atoms with Gasteiger partial charge in [-0.3, -0.25) is 0 Å². The standard InChI is InChI=1S/C31H22O/c1-2-7-24(8-3-1)25-17-13-22(14-18-25)21-23-15-19-26(20-16-23)27-10-6-11-29-28-9-4-5-12-30(28)32-31(27)29/h1-20H,21H2. The van der Waals surface area contributed by atoms with Crippen LogP contribution in [0.25, 0.3) is 44.2 Å². The summed E-state index contributed by atoms with van der Waals surface area (Å²) in [6.45, 7) is 0. The van der Waals surface area contributed by atoms with Gasteiger partial charge in [-0.2, -0.15) is 0 Å². The van der Waals surface area contributed by atoms with E-state index in [2.05, 4.69) is 109 Å². The third-order valence-electron chi connectivity index (χ3n) is 6.14. The monoisotopic (exact) mass is 410 g/mol. The molecule has 0 aliphatic rings. The normalized spacial score (nSPS) is 11.2. The topological polar surface area (TPSA) is 13.1 Å². The van der Waals surface area contributed by atoms with Crippen molar-refractivity contribution in [2.45, 2.75) is 6.42 Å². The minimum atomic E-state index is 0.921. The van der Waals surface area contributed by atoms with Crippen molar-refractivity contribution >= 4 is 21.9 Å². The van der Waals surface area contributed by atoms with Gasteiger partial charge < -0.3 is 4.42 Å². The van der Waals surface area contributed by atoms with Crippen LogP contribution in [0.2, 0.25) is 0 Å². The SMILES string of the molecule is c1ccc(-c2ccc(Cc3ccc(-c4cccc5c4oc4ccccc45)cc3)cc2)cc1. The Kier molecular flexibility index (Phi) is 4.58. The van der Waals surface area contributed by atoms with E-state index in [-0.39, 0.29) is 0 Å². The van der Waals surface area contributed by atoms with E-state index in [9.17, 15) is 0 Å². The van der Waals surface area contributed by atoms with Gasteiger partial charge in [0.2, 0.25) is 0 Å². The average Bonchev–Trinajstić information content (AvgIpc) is 3.25. The molecule has 0 fully saturated rings. The first-order valence-corrected chi connectivity index (χ1v) is 11.0. The summed E-state index contributed by atoms with van der Waals surface area (Å²) in [6, 6.07) is 42.9. The molecule has 0 aliphatic carbocycles. The van der Waals surface area contributed by atoms with Crippen molar-refractivity contribution in [3.8, 4) is 22.3 Å². The number of furan rings is 1. The Labute approximate surface area is 187 Å². The van der Waals surface area contributed by atoms with E-state index in [0.29, 0.717) is 0 Å². The highest BCUT2D eigenvalue weighted by Gasteiger charge is 2.11. The molecule has 0 aliphatic heterocycles. The highest BCUT2D eigenvalue weighted by atomic mass is 16.3. The summed E-state index contributed by atoms with van der Waals surface area (Å²) in [5.74, 6) is 0. The van der Waals surface area contributed by atoms with Crippen molar-refractivity contribution in [2.75, 3.05) is 0 Å². The van der Waals surface area contributed by atoms with Crippen LogP contribution in [0.1, 0.15) is 11.1 Å². The van der Waals surface area contributed by atoms with E-state index in [0.717, 1.165) is 23.2 Å². The Balaban J connectivity index is 1.27. The van der Waals surface area contributed by atoms with Crippen LogP contribution in [-0.2, 0) is 6.42 Å². The van der Waals surface area contributed by atoms with E-state index < -0.39 is 0 Å². The van der Waals surface area contributed by atoms with Gasteiger partial charge in [-0.05, 0) is 40.3 Å². The van der Waals surface area contributed by atoms with Gasteiger partial charge in [0.1, 0.15) is 11.2 Å². The predicted molar refractivity (Wildman–Crippen MR) is 134 cm³/mol. The Hall–Kier alpha value is -4.10. The van der Waals surface area contributed by atoms with Gasteiger partial charge in [-0.1, -0.05) is 115 Å². The molecule has 5 aromatic carbocycles. The molecule has 0 spiro atoms. The number of para-hydroxylation sites is 2. The van der Waals surface area contributed by atoms with Gasteiger partial charge in [0.05, 0.1) is 0 Å². The zero-order valence-corrected chi connectivity index (χ0v) is 17.7. The third kappa shape index (κ3) is 3.38. The molecule has 0 saturated carbocycles. The minimum absolute atomic E-state index is 0.921. The van der Waals surface area contributed by atoms with Crippen molar-refractivity contribution in [2.24, 2.45) is 0 Å². The summed E-state index contributed by atoms with van der Waals surface area (Å²) < 4.78 is 6.21. The minimum Gasteiger partial charge on any atom is -0.455 e. The van der Waals surface area contributed by atoms with Crippen molar-refractivity contribution in [3.05, 3.63) is 132 Å². The van der Waals surface area contributed by atoms with Crippen LogP contribution in [0.3, 0.4) is 0 Å². The van der Waals surface area contributed by atoms with E-state index in [1.807, 2.05) is 12.1 Å². The molecule has 152 valence electrons. The molecule has 0 radical (unpaired) electrons. The van der Waals surface area contributed by atoms with E-state index in [1.54, 1.807) is 0 Å². The first-order chi connectivity index (χ1) is 15.8. The van der Waals surface area contributed by atoms with Gasteiger partial charge in [-0.25, -0.2) is 0 Å². The lowest BCUT2D eigenvalue weighted by Crippen LogP contribution is -1.89. The second kappa shape index (κ2) is 7.86. The quantitative estimate of drug-likeness (QED) is 0.284. The molecule has 1 heteroatoms. The molecule has 32 heavy (non-hydrogen) atoms. The molecule has 0 atom stereocenters. The zero-order chi connectivity index (χ0) is 21.3. The van der Waals surface area contributed by atoms with Gasteiger partial charge >= 0.3 is 0 Å². The highest BCUT2D eigenvalue weighted by molar-refractivity contribution is 6.09. The molecule has 1 heterocycles. The fraction of sp³-hybridized carbons (Fsp3) is 0.0323. The molecule has 1 aromatic heterocycles. The summed E-state index contributed by atoms with van der Waals surface area (Å²) in [6.07, 6.45) is 0.921. The summed E-state index contributed by atoms with van der Waals surface area (Å²) in [4.78, 5) is 0. The molecule has 6 aromatic rings. The molecule has 0 saturated heterocycles. The van der Waals surface area contributed by atoms with Crippen LogP contribution < -0.4 is 0 Å². The van der Waals surface area contributed by atoms with Gasteiger partial charge in [0, 0.05) is 16.3 Å². The van der Waals surface area contributed by atoms with Gasteiger partial charge in [0.15, 0.2) is 0 Å². The lowest BCUT2D eigenvalue weighted by atomic mass is 9.98. The van der Waals surface area contributed by atoms with Crippen LogP contribution in [0.15, 0.2) is 126 Å². The number of fused-ring (bicyclic) bond motifs is 3. The number of benzene rings is 5. The van der Waals surface area contributed by atoms with Crippen molar-refractivity contribution in [1.29, 1.82) is 0 Å². The van der Waals surface area contributed by atoms with Gasteiger partial charge in [0.25, 0.3) is 0 Å². The second-order valence-electron chi connectivity index (χ2n) is 8.22. The summed E-state index contributed by atoms with van der Waals surface area (Å²) in [5, 5.41) is 2.33. The molecule has 0 N–H and O–H groups in total. The highest BCUT2D eigenvalue weighted by Crippen LogP contribution is 2.35. The third-order valence-corrected chi connectivity index (χ3v) is 6.14. The fourth-order valence-electron chi connectivity index (χ4n) is 4.46. The second-order valence-corrected chi connectivity index (χ2v) is 8.22. The van der Waals surface area contributed by atoms with Crippen LogP contribution >= 0.6 is 0 Å². The summed E-state index contributed by atoms with van der Waals surface area (Å²) in [5.41, 5.74) is 9.33. The number of hydrogen-bond donors (Lipinski definition) is 0. The summed E-state index contributed by atoms with van der Waals surface area (Å²) >= 11 is 0. The average molecular weight is 411 g/mol. The molecular formula is C31H22O. The van der Waals surface area contributed by atoms with Crippen molar-refractivity contribution < 1.29 is 4.42 Å². The first-order valence-electron chi connectivity index (χ1n) is 11.0. The molecule has 0 unspecified atom stereocenters. The maximum absolute atomic E-state index is 6.21. The van der Waals surface area contributed by atoms with Crippen LogP contribution in [0, 0.1) is 0 Å². The van der Waals surface area contributed by atoms with Crippen LogP contribution in [-0.4, -0.2) is 0 Å². The smallest absolute Gasteiger partial charge is 0.143 e. The van der Waals surface area contributed by atoms with Crippen LogP contribution in [0.4, 0.5) is 0 Å². The Morgan fingerprint density at radius 3 is 1.78 bits per heavy atom. The van der Waals surface area contributed by atoms with E-state index in [4.69, 9.17) is 4.42 Å². The first kappa shape index (κ1) is 18.7.